The van der Waals surface area contributed by atoms with Crippen LogP contribution < -0.4 is 0 Å². The van der Waals surface area contributed by atoms with Crippen molar-refractivity contribution in [2.45, 2.75) is 51.2 Å². The molecule has 0 saturated carbocycles. The Bertz CT molecular complexity index is 594. The molecule has 5 heteroatoms. The number of aliphatic carboxylic acids is 1. The SMILES string of the molecule is CC/C=C\C[C@H](O)[C@H](O)/C=C/C=C/C=C\C=C\C(=O)C/C=C\CCC(=O)O. The molecule has 148 valence electrons. The molecule has 5 nitrogen and oxygen atoms in total. The zero-order valence-electron chi connectivity index (χ0n) is 15.8. The van der Waals surface area contributed by atoms with Crippen LogP contribution >= 0.6 is 0 Å². The van der Waals surface area contributed by atoms with E-state index in [2.05, 4.69) is 0 Å². The van der Waals surface area contributed by atoms with Gasteiger partial charge in [-0.25, -0.2) is 0 Å². The molecule has 0 saturated heterocycles. The van der Waals surface area contributed by atoms with E-state index < -0.39 is 18.2 Å². The van der Waals surface area contributed by atoms with Gasteiger partial charge in [-0.2, -0.15) is 0 Å². The molecule has 0 aromatic carbocycles. The van der Waals surface area contributed by atoms with E-state index in [-0.39, 0.29) is 18.6 Å². The van der Waals surface area contributed by atoms with Crippen molar-refractivity contribution < 1.29 is 24.9 Å². The summed E-state index contributed by atoms with van der Waals surface area (Å²) in [6, 6.07) is 0. The molecular formula is C22H30O5. The molecule has 0 radical (unpaired) electrons. The lowest BCUT2D eigenvalue weighted by Gasteiger charge is -2.11. The van der Waals surface area contributed by atoms with Gasteiger partial charge in [0.05, 0.1) is 12.2 Å². The van der Waals surface area contributed by atoms with Gasteiger partial charge in [0.2, 0.25) is 0 Å². The van der Waals surface area contributed by atoms with Gasteiger partial charge in [-0.3, -0.25) is 9.59 Å². The van der Waals surface area contributed by atoms with Crippen molar-refractivity contribution >= 4 is 11.8 Å². The summed E-state index contributed by atoms with van der Waals surface area (Å²) in [4.78, 5) is 21.9. The second kappa shape index (κ2) is 16.9. The van der Waals surface area contributed by atoms with Gasteiger partial charge in [0.25, 0.3) is 0 Å². The van der Waals surface area contributed by atoms with E-state index in [1.54, 1.807) is 48.6 Å². The maximum atomic E-state index is 11.5. The lowest BCUT2D eigenvalue weighted by Crippen LogP contribution is -2.22. The summed E-state index contributed by atoms with van der Waals surface area (Å²) < 4.78 is 0. The van der Waals surface area contributed by atoms with Crippen molar-refractivity contribution in [3.8, 4) is 0 Å². The van der Waals surface area contributed by atoms with Crippen LogP contribution in [0.1, 0.15) is 39.0 Å². The molecule has 0 aliphatic carbocycles. The van der Waals surface area contributed by atoms with Gasteiger partial charge in [-0.15, -0.1) is 0 Å². The lowest BCUT2D eigenvalue weighted by atomic mass is 10.1. The van der Waals surface area contributed by atoms with Crippen molar-refractivity contribution in [1.82, 2.24) is 0 Å². The Morgan fingerprint density at radius 2 is 1.56 bits per heavy atom. The number of carboxylic acids is 1. The van der Waals surface area contributed by atoms with Crippen molar-refractivity contribution in [1.29, 1.82) is 0 Å². The number of carboxylic acid groups (broad SMARTS) is 1. The average molecular weight is 374 g/mol. The zero-order chi connectivity index (χ0) is 20.3. The molecule has 0 bridgehead atoms. The number of carbonyl (C=O) groups is 2. The van der Waals surface area contributed by atoms with Crippen LogP contribution in [0.15, 0.2) is 72.9 Å². The summed E-state index contributed by atoms with van der Waals surface area (Å²) in [5.41, 5.74) is 0. The fraction of sp³-hybridized carbons (Fsp3) is 0.364. The Morgan fingerprint density at radius 1 is 0.889 bits per heavy atom. The summed E-state index contributed by atoms with van der Waals surface area (Å²) in [7, 11) is 0. The Labute approximate surface area is 161 Å². The van der Waals surface area contributed by atoms with Gasteiger partial charge >= 0.3 is 5.97 Å². The van der Waals surface area contributed by atoms with E-state index in [9.17, 15) is 19.8 Å². The largest absolute Gasteiger partial charge is 0.481 e. The molecule has 2 atom stereocenters. The first-order valence-electron chi connectivity index (χ1n) is 9.06. The zero-order valence-corrected chi connectivity index (χ0v) is 15.8. The highest BCUT2D eigenvalue weighted by Gasteiger charge is 2.10. The van der Waals surface area contributed by atoms with Crippen molar-refractivity contribution in [3.05, 3.63) is 72.9 Å². The van der Waals surface area contributed by atoms with Crippen molar-refractivity contribution in [2.75, 3.05) is 0 Å². The maximum Gasteiger partial charge on any atom is 0.303 e. The standard InChI is InChI=1S/C22H30O5/c1-2-3-9-16-20(24)21(25)17-12-7-5-4-6-10-14-19(23)15-11-8-13-18-22(26)27/h3-12,14,17,20-21,24-25H,2,13,15-16,18H2,1H3,(H,26,27)/b6-4-,7-5+,9-3-,11-8-,14-10+,17-12+/t20-,21+/m0/s1. The van der Waals surface area contributed by atoms with Crippen molar-refractivity contribution in [3.63, 3.8) is 0 Å². The van der Waals surface area contributed by atoms with E-state index in [1.165, 1.54) is 12.2 Å². The quantitative estimate of drug-likeness (QED) is 0.245. The van der Waals surface area contributed by atoms with Gasteiger partial charge in [0, 0.05) is 12.8 Å². The first-order chi connectivity index (χ1) is 13.0. The first kappa shape index (κ1) is 24.5. The van der Waals surface area contributed by atoms with E-state index in [4.69, 9.17) is 5.11 Å². The molecule has 3 N–H and O–H groups in total. The predicted molar refractivity (Wildman–Crippen MR) is 108 cm³/mol. The molecule has 0 fully saturated rings. The fourth-order valence-electron chi connectivity index (χ4n) is 1.86. The minimum Gasteiger partial charge on any atom is -0.481 e. The van der Waals surface area contributed by atoms with Gasteiger partial charge in [-0.1, -0.05) is 73.8 Å². The molecule has 0 aromatic rings. The number of hydrogen-bond acceptors (Lipinski definition) is 4. The Balaban J connectivity index is 4.05. The average Bonchev–Trinajstić information content (AvgIpc) is 2.63. The number of ketones is 1. The number of hydrogen-bond donors (Lipinski definition) is 3. The molecular weight excluding hydrogens is 344 g/mol. The highest BCUT2D eigenvalue weighted by atomic mass is 16.4. The van der Waals surface area contributed by atoms with Crippen LogP contribution in [-0.4, -0.2) is 39.3 Å². The Kier molecular flexibility index (Phi) is 15.4. The van der Waals surface area contributed by atoms with Crippen LogP contribution in [-0.2, 0) is 9.59 Å². The third-order valence-electron chi connectivity index (χ3n) is 3.33. The van der Waals surface area contributed by atoms with Gasteiger partial charge in [0.1, 0.15) is 0 Å². The van der Waals surface area contributed by atoms with Crippen LogP contribution in [0.25, 0.3) is 0 Å². The van der Waals surface area contributed by atoms with E-state index in [0.717, 1.165) is 6.42 Å². The minimum absolute atomic E-state index is 0.0654. The molecule has 0 aliphatic rings. The summed E-state index contributed by atoms with van der Waals surface area (Å²) in [6.07, 6.45) is 20.6. The highest BCUT2D eigenvalue weighted by Crippen LogP contribution is 2.02. The number of aliphatic hydroxyl groups excluding tert-OH is 2. The van der Waals surface area contributed by atoms with Crippen LogP contribution in [0.3, 0.4) is 0 Å². The van der Waals surface area contributed by atoms with E-state index in [0.29, 0.717) is 12.8 Å². The molecule has 0 rings (SSSR count). The number of carbonyl (C=O) groups excluding carboxylic acids is 1. The van der Waals surface area contributed by atoms with E-state index in [1.807, 2.05) is 19.1 Å². The topological polar surface area (TPSA) is 94.8 Å². The molecule has 0 amide bonds. The lowest BCUT2D eigenvalue weighted by molar-refractivity contribution is -0.136. The number of allylic oxidation sites excluding steroid dienone is 10. The van der Waals surface area contributed by atoms with Crippen LogP contribution in [0.2, 0.25) is 0 Å². The number of rotatable bonds is 14. The summed E-state index contributed by atoms with van der Waals surface area (Å²) >= 11 is 0. The normalized spacial score (nSPS) is 15.2. The smallest absolute Gasteiger partial charge is 0.303 e. The molecule has 0 unspecified atom stereocenters. The third kappa shape index (κ3) is 16.7. The Hall–Kier alpha value is -2.50. The maximum absolute atomic E-state index is 11.5. The monoisotopic (exact) mass is 374 g/mol. The number of aliphatic hydroxyl groups is 2. The van der Waals surface area contributed by atoms with Gasteiger partial charge in [-0.05, 0) is 25.3 Å². The van der Waals surface area contributed by atoms with Crippen LogP contribution in [0, 0.1) is 0 Å². The Morgan fingerprint density at radius 3 is 2.22 bits per heavy atom. The van der Waals surface area contributed by atoms with Gasteiger partial charge < -0.3 is 15.3 Å². The van der Waals surface area contributed by atoms with Crippen LogP contribution in [0.5, 0.6) is 0 Å². The van der Waals surface area contributed by atoms with Gasteiger partial charge in [0.15, 0.2) is 5.78 Å². The summed E-state index contributed by atoms with van der Waals surface area (Å²) in [5, 5.41) is 27.9. The molecule has 0 heterocycles. The van der Waals surface area contributed by atoms with E-state index >= 15 is 0 Å². The summed E-state index contributed by atoms with van der Waals surface area (Å²) in [6.45, 7) is 2.00. The molecule has 0 aliphatic heterocycles. The summed E-state index contributed by atoms with van der Waals surface area (Å²) in [5.74, 6) is -0.918. The predicted octanol–water partition coefficient (Wildman–Crippen LogP) is 3.67. The van der Waals surface area contributed by atoms with Crippen LogP contribution in [0.4, 0.5) is 0 Å². The molecule has 27 heavy (non-hydrogen) atoms. The molecule has 0 aromatic heterocycles. The second-order valence-corrected chi connectivity index (χ2v) is 5.76. The minimum atomic E-state index is -0.916. The van der Waals surface area contributed by atoms with Crippen molar-refractivity contribution in [2.24, 2.45) is 0 Å². The molecule has 0 spiro atoms. The second-order valence-electron chi connectivity index (χ2n) is 5.76. The first-order valence-corrected chi connectivity index (χ1v) is 9.06. The highest BCUT2D eigenvalue weighted by molar-refractivity contribution is 5.90. The third-order valence-corrected chi connectivity index (χ3v) is 3.33. The fourth-order valence-corrected chi connectivity index (χ4v) is 1.86.